The number of nitrogens with one attached hydrogen (secondary N) is 2. The topological polar surface area (TPSA) is 130 Å². The fraction of sp³-hybridized carbons (Fsp3) is 0.174. The van der Waals surface area contributed by atoms with Gasteiger partial charge in [-0.2, -0.15) is 0 Å². The van der Waals surface area contributed by atoms with Gasteiger partial charge in [0.25, 0.3) is 5.56 Å². The van der Waals surface area contributed by atoms with Crippen molar-refractivity contribution in [3.05, 3.63) is 82.3 Å². The van der Waals surface area contributed by atoms with Gasteiger partial charge in [0, 0.05) is 18.8 Å². The molecule has 2 aromatic carbocycles. The third-order valence-corrected chi connectivity index (χ3v) is 4.69. The van der Waals surface area contributed by atoms with E-state index in [1.807, 2.05) is 18.2 Å². The van der Waals surface area contributed by atoms with Crippen molar-refractivity contribution in [3.63, 3.8) is 0 Å². The molecular weight excluding hydrogens is 414 g/mol. The van der Waals surface area contributed by atoms with Gasteiger partial charge in [0.1, 0.15) is 17.2 Å². The number of aliphatic carboxylic acids is 1. The molecule has 0 fully saturated rings. The molecule has 0 saturated heterocycles. The normalized spacial score (nSPS) is 11.4. The zero-order valence-electron chi connectivity index (χ0n) is 17.5. The van der Waals surface area contributed by atoms with Crippen molar-refractivity contribution in [3.8, 4) is 17.2 Å². The van der Waals surface area contributed by atoms with Crippen molar-refractivity contribution in [2.24, 2.45) is 7.05 Å². The van der Waals surface area contributed by atoms with E-state index in [4.69, 9.17) is 4.74 Å². The fourth-order valence-corrected chi connectivity index (χ4v) is 3.15. The van der Waals surface area contributed by atoms with Crippen molar-refractivity contribution in [2.75, 3.05) is 5.32 Å². The first-order valence-electron chi connectivity index (χ1n) is 9.76. The molecule has 0 aliphatic carbocycles. The van der Waals surface area contributed by atoms with E-state index in [1.54, 1.807) is 43.3 Å². The number of carboxylic acids is 1. The third kappa shape index (κ3) is 5.45. The van der Waals surface area contributed by atoms with Gasteiger partial charge in [-0.05, 0) is 36.8 Å². The van der Waals surface area contributed by atoms with Crippen LogP contribution in [0.25, 0.3) is 0 Å². The Labute approximate surface area is 183 Å². The largest absolute Gasteiger partial charge is 0.505 e. The molecule has 0 bridgehead atoms. The lowest BCUT2D eigenvalue weighted by molar-refractivity contribution is -0.137. The number of aryl methyl sites for hydroxylation is 2. The van der Waals surface area contributed by atoms with Crippen LogP contribution in [0.15, 0.2) is 65.6 Å². The average molecular weight is 437 g/mol. The molecule has 166 valence electrons. The number of hydrogen-bond donors (Lipinski definition) is 4. The highest BCUT2D eigenvalue weighted by Gasteiger charge is 2.21. The van der Waals surface area contributed by atoms with E-state index in [1.165, 1.54) is 17.8 Å². The molecular formula is C23H23N3O6. The highest BCUT2D eigenvalue weighted by molar-refractivity contribution is 5.91. The predicted octanol–water partition coefficient (Wildman–Crippen LogP) is 3.53. The molecule has 0 unspecified atom stereocenters. The molecule has 3 aromatic rings. The summed E-state index contributed by atoms with van der Waals surface area (Å²) >= 11 is 0. The van der Waals surface area contributed by atoms with E-state index in [0.29, 0.717) is 22.6 Å². The van der Waals surface area contributed by atoms with Gasteiger partial charge in [0.15, 0.2) is 5.69 Å². The molecule has 1 atom stereocenters. The Morgan fingerprint density at radius 3 is 2.47 bits per heavy atom. The molecule has 0 radical (unpaired) electrons. The first-order chi connectivity index (χ1) is 15.2. The maximum Gasteiger partial charge on any atom is 0.319 e. The quantitative estimate of drug-likeness (QED) is 0.447. The Kier molecular flexibility index (Phi) is 6.79. The number of urea groups is 1. The Morgan fingerprint density at radius 1 is 1.09 bits per heavy atom. The number of carboxylic acid groups (broad SMARTS) is 1. The van der Waals surface area contributed by atoms with Crippen LogP contribution >= 0.6 is 0 Å². The molecule has 0 aliphatic rings. The summed E-state index contributed by atoms with van der Waals surface area (Å²) in [5.41, 5.74) is 0.00382. The summed E-state index contributed by atoms with van der Waals surface area (Å²) < 4.78 is 7.01. The summed E-state index contributed by atoms with van der Waals surface area (Å²) in [6, 6.07) is 14.0. The van der Waals surface area contributed by atoms with E-state index < -0.39 is 30.0 Å². The molecule has 9 heteroatoms. The van der Waals surface area contributed by atoms with E-state index >= 15 is 0 Å². The molecule has 0 saturated carbocycles. The number of carbonyl (C=O) groups is 2. The van der Waals surface area contributed by atoms with Gasteiger partial charge < -0.3 is 30.2 Å². The number of hydrogen-bond acceptors (Lipinski definition) is 5. The lowest BCUT2D eigenvalue weighted by Gasteiger charge is -2.19. The Balaban J connectivity index is 1.82. The second-order valence-electron chi connectivity index (χ2n) is 7.19. The van der Waals surface area contributed by atoms with Gasteiger partial charge in [0.2, 0.25) is 0 Å². The Bertz CT molecular complexity index is 1190. The van der Waals surface area contributed by atoms with Crippen LogP contribution in [0.3, 0.4) is 0 Å². The lowest BCUT2D eigenvalue weighted by Crippen LogP contribution is -2.36. The molecule has 0 aliphatic heterocycles. The minimum absolute atomic E-state index is 0.291. The molecule has 9 nitrogen and oxygen atoms in total. The van der Waals surface area contributed by atoms with Gasteiger partial charge in [-0.3, -0.25) is 9.59 Å². The number of aromatic nitrogens is 1. The van der Waals surface area contributed by atoms with Crippen molar-refractivity contribution in [2.45, 2.75) is 19.4 Å². The number of ether oxygens (including phenoxy) is 1. The number of nitrogens with zero attached hydrogens (tertiary/aromatic N) is 1. The smallest absolute Gasteiger partial charge is 0.319 e. The molecule has 1 aromatic heterocycles. The first kappa shape index (κ1) is 22.4. The first-order valence-corrected chi connectivity index (χ1v) is 9.76. The summed E-state index contributed by atoms with van der Waals surface area (Å²) in [5, 5.41) is 24.4. The number of pyridine rings is 1. The van der Waals surface area contributed by atoms with Gasteiger partial charge >= 0.3 is 12.0 Å². The minimum Gasteiger partial charge on any atom is -0.505 e. The minimum atomic E-state index is -1.13. The number of aromatic hydroxyl groups is 1. The summed E-state index contributed by atoms with van der Waals surface area (Å²) in [5.74, 6) is -0.400. The second-order valence-corrected chi connectivity index (χ2v) is 7.19. The molecule has 3 rings (SSSR count). The van der Waals surface area contributed by atoms with Crippen LogP contribution in [-0.4, -0.2) is 26.8 Å². The van der Waals surface area contributed by atoms with Gasteiger partial charge in [0.05, 0.1) is 12.5 Å². The highest BCUT2D eigenvalue weighted by Crippen LogP contribution is 2.27. The van der Waals surface area contributed by atoms with E-state index in [0.717, 1.165) is 0 Å². The number of amides is 2. The Morgan fingerprint density at radius 2 is 1.78 bits per heavy atom. The molecule has 2 amide bonds. The zero-order chi connectivity index (χ0) is 23.3. The highest BCUT2D eigenvalue weighted by atomic mass is 16.5. The number of anilines is 1. The molecule has 4 N–H and O–H groups in total. The molecule has 1 heterocycles. The van der Waals surface area contributed by atoms with Crippen LogP contribution in [0.2, 0.25) is 0 Å². The van der Waals surface area contributed by atoms with E-state index in [9.17, 15) is 24.6 Å². The standard InChI is InChI=1S/C23H23N3O6/c1-14-13-26(2)22(30)20(21(14)29)25-23(31)24-18(12-19(27)28)15-7-6-10-17(11-15)32-16-8-4-3-5-9-16/h3-11,13,18,29H,12H2,1-2H3,(H,27,28)(H2,24,25,31)/t18-/m0/s1. The molecule has 0 spiro atoms. The summed E-state index contributed by atoms with van der Waals surface area (Å²) in [4.78, 5) is 36.3. The fourth-order valence-electron chi connectivity index (χ4n) is 3.15. The number of rotatable bonds is 7. The number of carbonyl (C=O) groups excluding carboxylic acids is 1. The van der Waals surface area contributed by atoms with Gasteiger partial charge in [-0.25, -0.2) is 4.79 Å². The van der Waals surface area contributed by atoms with E-state index in [2.05, 4.69) is 10.6 Å². The number of para-hydroxylation sites is 1. The van der Waals surface area contributed by atoms with Crippen LogP contribution < -0.4 is 20.9 Å². The number of benzene rings is 2. The van der Waals surface area contributed by atoms with E-state index in [-0.39, 0.29) is 11.4 Å². The van der Waals surface area contributed by atoms with Crippen LogP contribution in [0.4, 0.5) is 10.5 Å². The summed E-state index contributed by atoms with van der Waals surface area (Å²) in [6.07, 6.45) is 1.03. The molecule has 32 heavy (non-hydrogen) atoms. The maximum absolute atomic E-state index is 12.6. The van der Waals surface area contributed by atoms with Gasteiger partial charge in [-0.15, -0.1) is 0 Å². The van der Waals surface area contributed by atoms with Crippen LogP contribution in [0.5, 0.6) is 17.2 Å². The third-order valence-electron chi connectivity index (χ3n) is 4.69. The predicted molar refractivity (Wildman–Crippen MR) is 118 cm³/mol. The summed E-state index contributed by atoms with van der Waals surface area (Å²) in [6.45, 7) is 1.59. The monoisotopic (exact) mass is 437 g/mol. The maximum atomic E-state index is 12.6. The summed E-state index contributed by atoms with van der Waals surface area (Å²) in [7, 11) is 1.49. The Hall–Kier alpha value is -4.27. The van der Waals surface area contributed by atoms with Crippen LogP contribution in [-0.2, 0) is 11.8 Å². The van der Waals surface area contributed by atoms with Crippen LogP contribution in [0.1, 0.15) is 23.6 Å². The van der Waals surface area contributed by atoms with Crippen molar-refractivity contribution in [1.82, 2.24) is 9.88 Å². The SMILES string of the molecule is Cc1cn(C)c(=O)c(NC(=O)N[C@@H](CC(=O)O)c2cccc(Oc3ccccc3)c2)c1O. The van der Waals surface area contributed by atoms with Crippen molar-refractivity contribution in [1.29, 1.82) is 0 Å². The van der Waals surface area contributed by atoms with Gasteiger partial charge in [-0.1, -0.05) is 30.3 Å². The second kappa shape index (κ2) is 9.69. The average Bonchev–Trinajstić information content (AvgIpc) is 2.75. The zero-order valence-corrected chi connectivity index (χ0v) is 17.5. The van der Waals surface area contributed by atoms with Crippen molar-refractivity contribution >= 4 is 17.7 Å². The van der Waals surface area contributed by atoms with Crippen LogP contribution in [0, 0.1) is 6.92 Å². The lowest BCUT2D eigenvalue weighted by atomic mass is 10.0. The van der Waals surface area contributed by atoms with Crippen molar-refractivity contribution < 1.29 is 24.5 Å².